The predicted octanol–water partition coefficient (Wildman–Crippen LogP) is 3.66. The number of H-pyrrole nitrogens is 2. The molecule has 0 aliphatic heterocycles. The van der Waals surface area contributed by atoms with Gasteiger partial charge in [0.2, 0.25) is 0 Å². The van der Waals surface area contributed by atoms with Gasteiger partial charge in [-0.05, 0) is 30.9 Å². The van der Waals surface area contributed by atoms with Crippen molar-refractivity contribution in [3.63, 3.8) is 0 Å². The average Bonchev–Trinajstić information content (AvgIpc) is 3.45. The fraction of sp³-hybridized carbons (Fsp3) is 0.273. The summed E-state index contributed by atoms with van der Waals surface area (Å²) in [6.07, 6.45) is -0.414. The lowest BCUT2D eigenvalue weighted by Gasteiger charge is -2.07. The van der Waals surface area contributed by atoms with E-state index in [0.29, 0.717) is 17.2 Å². The van der Waals surface area contributed by atoms with Crippen molar-refractivity contribution in [3.05, 3.63) is 75.2 Å². The second-order valence-corrected chi connectivity index (χ2v) is 8.45. The first-order valence-electron chi connectivity index (χ1n) is 11.0. The maximum atomic E-state index is 12.6. The lowest BCUT2D eigenvalue weighted by Crippen LogP contribution is -2.23. The molecule has 0 atom stereocenters. The van der Waals surface area contributed by atoms with Crippen LogP contribution in [-0.4, -0.2) is 45.5 Å². The highest BCUT2D eigenvalue weighted by Gasteiger charge is 2.38. The molecule has 0 unspecified atom stereocenters. The van der Waals surface area contributed by atoms with E-state index >= 15 is 0 Å². The van der Waals surface area contributed by atoms with E-state index in [-0.39, 0.29) is 10.2 Å². The molecular formula is C22H16F6N8O2. The standard InChI is InChI=1S/C13H11N5O2.C9H5F6N3/c19-12-9(6-15-13(20)16-12)10-5-8(7-1-2-7)11-14-3-4-18(11)17-10;10-8(11,12)4-18-6-1-2-16-3-5(6)7(17-18)9(13,14)15/h3-7H,1-2H2,(H2,15,16,19,20);1-3H,4H2. The van der Waals surface area contributed by atoms with Crippen molar-refractivity contribution >= 4 is 16.6 Å². The van der Waals surface area contributed by atoms with Gasteiger partial charge in [-0.1, -0.05) is 0 Å². The number of hydrogen-bond acceptors (Lipinski definition) is 6. The number of imidazole rings is 1. The van der Waals surface area contributed by atoms with Gasteiger partial charge < -0.3 is 4.98 Å². The Morgan fingerprint density at radius 2 is 1.82 bits per heavy atom. The number of alkyl halides is 6. The first-order valence-corrected chi connectivity index (χ1v) is 11.0. The highest BCUT2D eigenvalue weighted by Crippen LogP contribution is 2.42. The molecular weight excluding hydrogens is 522 g/mol. The Morgan fingerprint density at radius 3 is 2.47 bits per heavy atom. The molecule has 0 bridgehead atoms. The summed E-state index contributed by atoms with van der Waals surface area (Å²) < 4.78 is 76.3. The summed E-state index contributed by atoms with van der Waals surface area (Å²) in [6, 6.07) is 2.95. The molecule has 0 radical (unpaired) electrons. The first kappa shape index (κ1) is 25.2. The lowest BCUT2D eigenvalue weighted by molar-refractivity contribution is -0.148. The van der Waals surface area contributed by atoms with Gasteiger partial charge in [0.15, 0.2) is 11.3 Å². The van der Waals surface area contributed by atoms with E-state index in [0.717, 1.165) is 42.5 Å². The molecule has 38 heavy (non-hydrogen) atoms. The molecule has 5 aromatic heterocycles. The SMILES string of the molecule is FC(F)(F)Cn1nc(C(F)(F)F)c2cnccc21.O=c1[nH]cc(-c2cc(C3CC3)c3nccn3n2)c(=O)[nH]1. The van der Waals surface area contributed by atoms with Crippen LogP contribution in [0.2, 0.25) is 0 Å². The Bertz CT molecular complexity index is 1740. The highest BCUT2D eigenvalue weighted by molar-refractivity contribution is 5.81. The molecule has 6 rings (SSSR count). The molecule has 0 saturated heterocycles. The van der Waals surface area contributed by atoms with Crippen molar-refractivity contribution in [2.45, 2.75) is 37.7 Å². The number of pyridine rings is 1. The van der Waals surface area contributed by atoms with Crippen LogP contribution in [0.5, 0.6) is 0 Å². The highest BCUT2D eigenvalue weighted by atomic mass is 19.4. The average molecular weight is 538 g/mol. The van der Waals surface area contributed by atoms with Gasteiger partial charge >= 0.3 is 18.0 Å². The Kier molecular flexibility index (Phi) is 6.03. The van der Waals surface area contributed by atoms with Crippen LogP contribution in [0.4, 0.5) is 26.3 Å². The van der Waals surface area contributed by atoms with Crippen LogP contribution in [0, 0.1) is 0 Å². The van der Waals surface area contributed by atoms with Crippen molar-refractivity contribution < 1.29 is 26.3 Å². The summed E-state index contributed by atoms with van der Waals surface area (Å²) >= 11 is 0. The van der Waals surface area contributed by atoms with Crippen LogP contribution < -0.4 is 11.2 Å². The largest absolute Gasteiger partial charge is 0.435 e. The van der Waals surface area contributed by atoms with Crippen molar-refractivity contribution in [2.24, 2.45) is 0 Å². The summed E-state index contributed by atoms with van der Waals surface area (Å²) in [5.74, 6) is 0.489. The maximum absolute atomic E-state index is 12.6. The zero-order valence-corrected chi connectivity index (χ0v) is 19.0. The van der Waals surface area contributed by atoms with Gasteiger partial charge in [0.25, 0.3) is 5.56 Å². The maximum Gasteiger partial charge on any atom is 0.435 e. The number of aromatic nitrogens is 8. The third-order valence-electron chi connectivity index (χ3n) is 5.65. The van der Waals surface area contributed by atoms with Crippen molar-refractivity contribution in [2.75, 3.05) is 0 Å². The van der Waals surface area contributed by atoms with Crippen LogP contribution in [-0.2, 0) is 12.7 Å². The van der Waals surface area contributed by atoms with Crippen LogP contribution >= 0.6 is 0 Å². The monoisotopic (exact) mass is 538 g/mol. The fourth-order valence-electron chi connectivity index (χ4n) is 3.89. The van der Waals surface area contributed by atoms with Crippen LogP contribution in [0.15, 0.2) is 52.7 Å². The zero-order valence-electron chi connectivity index (χ0n) is 19.0. The number of aromatic amines is 2. The molecule has 2 N–H and O–H groups in total. The summed E-state index contributed by atoms with van der Waals surface area (Å²) in [5, 5.41) is 6.91. The Morgan fingerprint density at radius 1 is 1.05 bits per heavy atom. The second kappa shape index (κ2) is 9.11. The molecule has 16 heteroatoms. The van der Waals surface area contributed by atoms with Gasteiger partial charge in [0, 0.05) is 36.5 Å². The molecule has 1 fully saturated rings. The van der Waals surface area contributed by atoms with Crippen molar-refractivity contribution in [1.29, 1.82) is 0 Å². The summed E-state index contributed by atoms with van der Waals surface area (Å²) in [7, 11) is 0. The Balaban J connectivity index is 0.000000156. The molecule has 1 aliphatic rings. The van der Waals surface area contributed by atoms with Gasteiger partial charge in [-0.3, -0.25) is 19.4 Å². The predicted molar refractivity (Wildman–Crippen MR) is 120 cm³/mol. The number of hydrogen-bond donors (Lipinski definition) is 2. The molecule has 198 valence electrons. The zero-order chi connectivity index (χ0) is 27.2. The molecule has 0 amide bonds. The van der Waals surface area contributed by atoms with Crippen molar-refractivity contribution in [1.82, 2.24) is 39.3 Å². The quantitative estimate of drug-likeness (QED) is 0.338. The van der Waals surface area contributed by atoms with Crippen LogP contribution in [0.3, 0.4) is 0 Å². The van der Waals surface area contributed by atoms with E-state index in [4.69, 9.17) is 0 Å². The summed E-state index contributed by atoms with van der Waals surface area (Å²) in [5.41, 5.74) is 0.233. The van der Waals surface area contributed by atoms with E-state index in [2.05, 4.69) is 30.1 Å². The summed E-state index contributed by atoms with van der Waals surface area (Å²) in [4.78, 5) is 35.4. The van der Waals surface area contributed by atoms with Gasteiger partial charge in [-0.25, -0.2) is 14.3 Å². The molecule has 5 aromatic rings. The molecule has 10 nitrogen and oxygen atoms in total. The minimum absolute atomic E-state index is 0.255. The fourth-order valence-corrected chi connectivity index (χ4v) is 3.89. The van der Waals surface area contributed by atoms with Gasteiger partial charge in [0.1, 0.15) is 6.54 Å². The van der Waals surface area contributed by atoms with Gasteiger partial charge in [0.05, 0.1) is 22.2 Å². The third-order valence-corrected chi connectivity index (χ3v) is 5.65. The van der Waals surface area contributed by atoms with E-state index in [1.807, 2.05) is 6.07 Å². The van der Waals surface area contributed by atoms with Gasteiger partial charge in [-0.15, -0.1) is 0 Å². The first-order chi connectivity index (χ1) is 17.9. The number of rotatable bonds is 3. The van der Waals surface area contributed by atoms with Crippen molar-refractivity contribution in [3.8, 4) is 11.3 Å². The van der Waals surface area contributed by atoms with E-state index in [9.17, 15) is 35.9 Å². The Labute approximate surface area is 207 Å². The molecule has 1 saturated carbocycles. The topological polar surface area (TPSA) is 127 Å². The number of fused-ring (bicyclic) bond motifs is 2. The number of nitrogens with one attached hydrogen (secondary N) is 2. The molecule has 0 aromatic carbocycles. The van der Waals surface area contributed by atoms with E-state index < -0.39 is 41.2 Å². The lowest BCUT2D eigenvalue weighted by atomic mass is 10.1. The normalized spacial score (nSPS) is 14.1. The van der Waals surface area contributed by atoms with Gasteiger partial charge in [-0.2, -0.15) is 36.5 Å². The minimum atomic E-state index is -4.82. The van der Waals surface area contributed by atoms with E-state index in [1.54, 1.807) is 16.9 Å². The molecule has 0 spiro atoms. The third kappa shape index (κ3) is 5.14. The molecule has 1 aliphatic carbocycles. The Hall–Kier alpha value is -4.50. The van der Waals surface area contributed by atoms with Crippen LogP contribution in [0.1, 0.15) is 30.0 Å². The second-order valence-electron chi connectivity index (χ2n) is 8.45. The van der Waals surface area contributed by atoms with E-state index in [1.165, 1.54) is 6.20 Å². The number of nitrogens with zero attached hydrogens (tertiary/aromatic N) is 6. The van der Waals surface area contributed by atoms with Crippen LogP contribution in [0.25, 0.3) is 27.8 Å². The number of halogens is 6. The minimum Gasteiger partial charge on any atom is -0.313 e. The smallest absolute Gasteiger partial charge is 0.313 e. The summed E-state index contributed by atoms with van der Waals surface area (Å²) in [6.45, 7) is -1.58. The molecule has 5 heterocycles.